The molecule has 1 aromatic rings. The maximum absolute atomic E-state index is 8.88. The van der Waals surface area contributed by atoms with Crippen molar-refractivity contribution >= 4 is 0 Å². The van der Waals surface area contributed by atoms with Crippen molar-refractivity contribution in [2.24, 2.45) is 5.92 Å². The second-order valence-corrected chi connectivity index (χ2v) is 3.51. The van der Waals surface area contributed by atoms with Crippen LogP contribution in [0.5, 0.6) is 5.75 Å². The number of benzene rings is 1. The molecule has 0 radical (unpaired) electrons. The highest BCUT2D eigenvalue weighted by atomic mass is 16.5. The lowest BCUT2D eigenvalue weighted by Gasteiger charge is -2.08. The molecule has 0 aliphatic heterocycles. The predicted octanol–water partition coefficient (Wildman–Crippen LogP) is 3.24. The van der Waals surface area contributed by atoms with Crippen molar-refractivity contribution in [2.45, 2.75) is 34.3 Å². The molecule has 0 aromatic heterocycles. The fraction of sp³-hybridized carbons (Fsp3) is 0.538. The average Bonchev–Trinajstić information content (AvgIpc) is 2.29. The van der Waals surface area contributed by atoms with Gasteiger partial charge in [0.25, 0.3) is 0 Å². The van der Waals surface area contributed by atoms with E-state index in [0.29, 0.717) is 5.92 Å². The van der Waals surface area contributed by atoms with Gasteiger partial charge in [-0.15, -0.1) is 0 Å². The maximum atomic E-state index is 8.88. The van der Waals surface area contributed by atoms with E-state index in [1.165, 1.54) is 0 Å². The van der Waals surface area contributed by atoms with Crippen LogP contribution >= 0.6 is 0 Å². The summed E-state index contributed by atoms with van der Waals surface area (Å²) in [7, 11) is 0. The number of hydrogen-bond donors (Lipinski definition) is 1. The molecule has 1 aromatic carbocycles. The Morgan fingerprint density at radius 3 is 2.47 bits per heavy atom. The van der Waals surface area contributed by atoms with Crippen LogP contribution in [0.2, 0.25) is 0 Å². The fourth-order valence-corrected chi connectivity index (χ4v) is 0.997. The van der Waals surface area contributed by atoms with Gasteiger partial charge in [0.2, 0.25) is 0 Å². The second kappa shape index (κ2) is 8.30. The fourth-order valence-electron chi connectivity index (χ4n) is 0.997. The van der Waals surface area contributed by atoms with E-state index in [-0.39, 0.29) is 6.61 Å². The molecule has 0 amide bonds. The zero-order valence-corrected chi connectivity index (χ0v) is 10.2. The molecule has 0 unspecified atom stereocenters. The van der Waals surface area contributed by atoms with Gasteiger partial charge in [-0.05, 0) is 23.6 Å². The van der Waals surface area contributed by atoms with Crippen molar-refractivity contribution in [3.05, 3.63) is 29.8 Å². The Morgan fingerprint density at radius 2 is 1.93 bits per heavy atom. The highest BCUT2D eigenvalue weighted by Crippen LogP contribution is 2.13. The Kier molecular flexibility index (Phi) is 7.74. The van der Waals surface area contributed by atoms with E-state index in [9.17, 15) is 0 Å². The summed E-state index contributed by atoms with van der Waals surface area (Å²) in [6.07, 6.45) is 0. The van der Waals surface area contributed by atoms with E-state index in [2.05, 4.69) is 13.8 Å². The quantitative estimate of drug-likeness (QED) is 0.826. The van der Waals surface area contributed by atoms with Crippen LogP contribution in [0.1, 0.15) is 33.3 Å². The summed E-state index contributed by atoms with van der Waals surface area (Å²) >= 11 is 0. The SMILES string of the molecule is CC.CC(C)COc1cccc(CO)c1. The Hall–Kier alpha value is -1.02. The molecule has 1 N–H and O–H groups in total. The summed E-state index contributed by atoms with van der Waals surface area (Å²) in [5.74, 6) is 1.36. The number of rotatable bonds is 4. The second-order valence-electron chi connectivity index (χ2n) is 3.51. The van der Waals surface area contributed by atoms with Crippen molar-refractivity contribution in [3.63, 3.8) is 0 Å². The van der Waals surface area contributed by atoms with Crippen LogP contribution in [0.25, 0.3) is 0 Å². The smallest absolute Gasteiger partial charge is 0.119 e. The molecule has 0 heterocycles. The third-order valence-corrected chi connectivity index (χ3v) is 1.66. The molecule has 0 fully saturated rings. The summed E-state index contributed by atoms with van der Waals surface area (Å²) in [6.45, 7) is 9.00. The lowest BCUT2D eigenvalue weighted by molar-refractivity contribution is 0.265. The first-order chi connectivity index (χ1) is 7.22. The predicted molar refractivity (Wildman–Crippen MR) is 64.0 cm³/mol. The number of aliphatic hydroxyl groups is 1. The van der Waals surface area contributed by atoms with Gasteiger partial charge in [-0.1, -0.05) is 39.8 Å². The van der Waals surface area contributed by atoms with Gasteiger partial charge >= 0.3 is 0 Å². The van der Waals surface area contributed by atoms with E-state index in [4.69, 9.17) is 9.84 Å². The first-order valence-electron chi connectivity index (χ1n) is 5.55. The Bertz CT molecular complexity index is 256. The van der Waals surface area contributed by atoms with Crippen molar-refractivity contribution in [3.8, 4) is 5.75 Å². The minimum absolute atomic E-state index is 0.0683. The van der Waals surface area contributed by atoms with Crippen LogP contribution in [-0.2, 0) is 6.61 Å². The van der Waals surface area contributed by atoms with E-state index in [0.717, 1.165) is 17.9 Å². The normalized spacial score (nSPS) is 9.47. The minimum atomic E-state index is 0.0683. The molecule has 0 spiro atoms. The zero-order chi connectivity index (χ0) is 11.7. The average molecular weight is 210 g/mol. The summed E-state index contributed by atoms with van der Waals surface area (Å²) in [5.41, 5.74) is 0.890. The lowest BCUT2D eigenvalue weighted by Crippen LogP contribution is -2.04. The molecule has 0 saturated heterocycles. The molecule has 2 heteroatoms. The maximum Gasteiger partial charge on any atom is 0.119 e. The van der Waals surface area contributed by atoms with Crippen LogP contribution in [-0.4, -0.2) is 11.7 Å². The number of hydrogen-bond acceptors (Lipinski definition) is 2. The molecule has 0 saturated carbocycles. The molecule has 15 heavy (non-hydrogen) atoms. The monoisotopic (exact) mass is 210 g/mol. The van der Waals surface area contributed by atoms with Gasteiger partial charge < -0.3 is 9.84 Å². The van der Waals surface area contributed by atoms with Crippen LogP contribution in [0.3, 0.4) is 0 Å². The Morgan fingerprint density at radius 1 is 1.27 bits per heavy atom. The molecule has 1 rings (SSSR count). The van der Waals surface area contributed by atoms with Gasteiger partial charge in [-0.2, -0.15) is 0 Å². The Labute approximate surface area is 92.9 Å². The highest BCUT2D eigenvalue weighted by molar-refractivity contribution is 5.27. The molecular formula is C13H22O2. The summed E-state index contributed by atoms with van der Waals surface area (Å²) in [5, 5.41) is 8.88. The molecule has 86 valence electrons. The zero-order valence-electron chi connectivity index (χ0n) is 10.2. The summed E-state index contributed by atoms with van der Waals surface area (Å²) in [6, 6.07) is 7.54. The topological polar surface area (TPSA) is 29.5 Å². The summed E-state index contributed by atoms with van der Waals surface area (Å²) < 4.78 is 5.50. The van der Waals surface area contributed by atoms with Gasteiger partial charge in [0.05, 0.1) is 13.2 Å². The first kappa shape index (κ1) is 14.0. The van der Waals surface area contributed by atoms with Crippen LogP contribution in [0.15, 0.2) is 24.3 Å². The van der Waals surface area contributed by atoms with Gasteiger partial charge in [0, 0.05) is 0 Å². The van der Waals surface area contributed by atoms with Crippen molar-refractivity contribution in [2.75, 3.05) is 6.61 Å². The molecule has 0 aliphatic rings. The van der Waals surface area contributed by atoms with Crippen LogP contribution in [0.4, 0.5) is 0 Å². The summed E-state index contributed by atoms with van der Waals surface area (Å²) in [4.78, 5) is 0. The molecular weight excluding hydrogens is 188 g/mol. The van der Waals surface area contributed by atoms with E-state index in [1.807, 2.05) is 38.1 Å². The molecule has 0 bridgehead atoms. The van der Waals surface area contributed by atoms with Gasteiger partial charge in [0.15, 0.2) is 0 Å². The lowest BCUT2D eigenvalue weighted by atomic mass is 10.2. The first-order valence-corrected chi connectivity index (χ1v) is 5.55. The van der Waals surface area contributed by atoms with Crippen molar-refractivity contribution in [1.29, 1.82) is 0 Å². The van der Waals surface area contributed by atoms with Gasteiger partial charge in [-0.3, -0.25) is 0 Å². The highest BCUT2D eigenvalue weighted by Gasteiger charge is 1.97. The number of aliphatic hydroxyl groups excluding tert-OH is 1. The van der Waals surface area contributed by atoms with Crippen molar-refractivity contribution in [1.82, 2.24) is 0 Å². The third-order valence-electron chi connectivity index (χ3n) is 1.66. The Balaban J connectivity index is 0.000000921. The third kappa shape index (κ3) is 6.13. The largest absolute Gasteiger partial charge is 0.493 e. The molecule has 0 atom stereocenters. The number of ether oxygens (including phenoxy) is 1. The van der Waals surface area contributed by atoms with Gasteiger partial charge in [-0.25, -0.2) is 0 Å². The van der Waals surface area contributed by atoms with E-state index in [1.54, 1.807) is 0 Å². The molecule has 2 nitrogen and oxygen atoms in total. The molecule has 0 aliphatic carbocycles. The minimum Gasteiger partial charge on any atom is -0.493 e. The van der Waals surface area contributed by atoms with Crippen LogP contribution in [0, 0.1) is 5.92 Å². The van der Waals surface area contributed by atoms with E-state index < -0.39 is 0 Å². The van der Waals surface area contributed by atoms with E-state index >= 15 is 0 Å². The standard InChI is InChI=1S/C11H16O2.C2H6/c1-9(2)8-13-11-5-3-4-10(6-11)7-12;1-2/h3-6,9,12H,7-8H2,1-2H3;1-2H3. The van der Waals surface area contributed by atoms with Crippen LogP contribution < -0.4 is 4.74 Å². The van der Waals surface area contributed by atoms with Gasteiger partial charge in [0.1, 0.15) is 5.75 Å². The van der Waals surface area contributed by atoms with Crippen molar-refractivity contribution < 1.29 is 9.84 Å².